The first-order valence-electron chi connectivity index (χ1n) is 7.26. The normalized spacial score (nSPS) is 18.3. The highest BCUT2D eigenvalue weighted by molar-refractivity contribution is 6.20. The van der Waals surface area contributed by atoms with E-state index in [4.69, 9.17) is 11.6 Å². The highest BCUT2D eigenvalue weighted by Crippen LogP contribution is 2.37. The van der Waals surface area contributed by atoms with Gasteiger partial charge < -0.3 is 4.57 Å². The molecule has 4 rings (SSSR count). The van der Waals surface area contributed by atoms with E-state index in [2.05, 4.69) is 38.8 Å². The Hall–Kier alpha value is -1.87. The fraction of sp³-hybridized carbons (Fsp3) is 0.294. The predicted molar refractivity (Wildman–Crippen MR) is 84.7 cm³/mol. The summed E-state index contributed by atoms with van der Waals surface area (Å²) in [6, 6.07) is 10.7. The molecule has 0 radical (unpaired) electrons. The van der Waals surface area contributed by atoms with Crippen molar-refractivity contribution in [1.82, 2.24) is 14.5 Å². The van der Waals surface area contributed by atoms with Crippen molar-refractivity contribution in [3.05, 3.63) is 59.7 Å². The molecule has 0 aliphatic heterocycles. The van der Waals surface area contributed by atoms with Crippen molar-refractivity contribution in [2.24, 2.45) is 0 Å². The molecule has 4 heteroatoms. The number of hydrogen-bond donors (Lipinski definition) is 0. The molecule has 1 aliphatic rings. The molecule has 0 saturated heterocycles. The molecule has 2 unspecified atom stereocenters. The van der Waals surface area contributed by atoms with E-state index >= 15 is 0 Å². The van der Waals surface area contributed by atoms with Gasteiger partial charge in [-0.15, -0.1) is 11.6 Å². The lowest BCUT2D eigenvalue weighted by molar-refractivity contribution is 0.504. The SMILES string of the molecule is CC(Cl)c1nc2cnccc2n1CC1Cc2ccccc21. The van der Waals surface area contributed by atoms with E-state index in [9.17, 15) is 0 Å². The predicted octanol–water partition coefficient (Wildman–Crippen LogP) is 4.07. The standard InChI is InChI=1S/C17H16ClN3/c1-11(18)17-20-15-9-19-7-6-16(15)21(17)10-13-8-12-4-2-3-5-14(12)13/h2-7,9,11,13H,8,10H2,1H3. The molecule has 0 bridgehead atoms. The van der Waals surface area contributed by atoms with Crippen LogP contribution in [0, 0.1) is 0 Å². The monoisotopic (exact) mass is 297 g/mol. The maximum atomic E-state index is 6.32. The zero-order chi connectivity index (χ0) is 14.4. The number of alkyl halides is 1. The van der Waals surface area contributed by atoms with Crippen LogP contribution >= 0.6 is 11.6 Å². The van der Waals surface area contributed by atoms with Crippen LogP contribution < -0.4 is 0 Å². The fourth-order valence-electron chi connectivity index (χ4n) is 3.24. The molecule has 0 amide bonds. The summed E-state index contributed by atoms with van der Waals surface area (Å²) in [6.07, 6.45) is 4.76. The third-order valence-corrected chi connectivity index (χ3v) is 4.50. The second kappa shape index (κ2) is 4.85. The van der Waals surface area contributed by atoms with Gasteiger partial charge in [0.25, 0.3) is 0 Å². The van der Waals surface area contributed by atoms with Crippen LogP contribution in [0.15, 0.2) is 42.7 Å². The van der Waals surface area contributed by atoms with Gasteiger partial charge in [-0.2, -0.15) is 0 Å². The van der Waals surface area contributed by atoms with Crippen LogP contribution in [-0.2, 0) is 13.0 Å². The van der Waals surface area contributed by atoms with Crippen LogP contribution in [0.25, 0.3) is 11.0 Å². The number of fused-ring (bicyclic) bond motifs is 2. The topological polar surface area (TPSA) is 30.7 Å². The average Bonchev–Trinajstić information content (AvgIpc) is 2.84. The zero-order valence-corrected chi connectivity index (χ0v) is 12.6. The van der Waals surface area contributed by atoms with E-state index < -0.39 is 0 Å². The summed E-state index contributed by atoms with van der Waals surface area (Å²) in [5.41, 5.74) is 4.97. The number of hydrogen-bond acceptors (Lipinski definition) is 2. The molecule has 0 fully saturated rings. The van der Waals surface area contributed by atoms with Crippen molar-refractivity contribution in [3.8, 4) is 0 Å². The molecule has 106 valence electrons. The maximum Gasteiger partial charge on any atom is 0.127 e. The van der Waals surface area contributed by atoms with E-state index in [0.717, 1.165) is 29.8 Å². The van der Waals surface area contributed by atoms with Crippen LogP contribution in [0.2, 0.25) is 0 Å². The minimum atomic E-state index is -0.104. The lowest BCUT2D eigenvalue weighted by Crippen LogP contribution is -2.22. The second-order valence-corrected chi connectivity index (χ2v) is 6.32. The third kappa shape index (κ3) is 2.04. The Morgan fingerprint density at radius 3 is 3.00 bits per heavy atom. The molecule has 1 aromatic carbocycles. The van der Waals surface area contributed by atoms with E-state index in [0.29, 0.717) is 5.92 Å². The number of imidazole rings is 1. The summed E-state index contributed by atoms with van der Waals surface area (Å²) >= 11 is 6.32. The molecular weight excluding hydrogens is 282 g/mol. The zero-order valence-electron chi connectivity index (χ0n) is 11.8. The van der Waals surface area contributed by atoms with Gasteiger partial charge in [-0.3, -0.25) is 4.98 Å². The van der Waals surface area contributed by atoms with Crippen LogP contribution in [0.4, 0.5) is 0 Å². The third-order valence-electron chi connectivity index (χ3n) is 4.30. The van der Waals surface area contributed by atoms with E-state index in [1.807, 2.05) is 25.4 Å². The fourth-order valence-corrected chi connectivity index (χ4v) is 3.41. The van der Waals surface area contributed by atoms with Crippen LogP contribution in [0.1, 0.15) is 35.2 Å². The Bertz CT molecular complexity index is 807. The quantitative estimate of drug-likeness (QED) is 0.682. The van der Waals surface area contributed by atoms with Crippen molar-refractivity contribution < 1.29 is 0 Å². The first kappa shape index (κ1) is 12.8. The summed E-state index contributed by atoms with van der Waals surface area (Å²) in [5, 5.41) is -0.104. The van der Waals surface area contributed by atoms with Crippen molar-refractivity contribution in [2.75, 3.05) is 0 Å². The van der Waals surface area contributed by atoms with Crippen LogP contribution in [0.5, 0.6) is 0 Å². The summed E-state index contributed by atoms with van der Waals surface area (Å²) in [4.78, 5) is 8.81. The van der Waals surface area contributed by atoms with Gasteiger partial charge in [0, 0.05) is 18.7 Å². The largest absolute Gasteiger partial charge is 0.326 e. The minimum Gasteiger partial charge on any atom is -0.326 e. The van der Waals surface area contributed by atoms with Crippen LogP contribution in [-0.4, -0.2) is 14.5 Å². The highest BCUT2D eigenvalue weighted by Gasteiger charge is 2.27. The van der Waals surface area contributed by atoms with Crippen molar-refractivity contribution >= 4 is 22.6 Å². The van der Waals surface area contributed by atoms with Crippen LogP contribution in [0.3, 0.4) is 0 Å². The molecule has 21 heavy (non-hydrogen) atoms. The Morgan fingerprint density at radius 1 is 1.33 bits per heavy atom. The van der Waals surface area contributed by atoms with Gasteiger partial charge in [0.05, 0.1) is 17.1 Å². The Kier molecular flexibility index (Phi) is 2.96. The molecule has 2 aromatic heterocycles. The van der Waals surface area contributed by atoms with E-state index in [1.54, 1.807) is 0 Å². The number of pyridine rings is 1. The number of aromatic nitrogens is 3. The van der Waals surface area contributed by atoms with Crippen molar-refractivity contribution in [2.45, 2.75) is 31.2 Å². The average molecular weight is 298 g/mol. The van der Waals surface area contributed by atoms with Gasteiger partial charge in [-0.25, -0.2) is 4.98 Å². The molecule has 2 heterocycles. The van der Waals surface area contributed by atoms with Gasteiger partial charge in [0.15, 0.2) is 0 Å². The van der Waals surface area contributed by atoms with Crippen molar-refractivity contribution in [1.29, 1.82) is 0 Å². The van der Waals surface area contributed by atoms with Crippen molar-refractivity contribution in [3.63, 3.8) is 0 Å². The van der Waals surface area contributed by atoms with Gasteiger partial charge in [0.1, 0.15) is 11.3 Å². The lowest BCUT2D eigenvalue weighted by Gasteiger charge is -2.31. The molecular formula is C17H16ClN3. The first-order chi connectivity index (χ1) is 10.2. The molecule has 3 nitrogen and oxygen atoms in total. The van der Waals surface area contributed by atoms with Gasteiger partial charge in [-0.05, 0) is 30.5 Å². The molecule has 2 atom stereocenters. The minimum absolute atomic E-state index is 0.104. The number of halogens is 1. The number of rotatable bonds is 3. The molecule has 1 aliphatic carbocycles. The number of nitrogens with zero attached hydrogens (tertiary/aromatic N) is 3. The summed E-state index contributed by atoms with van der Waals surface area (Å²) in [7, 11) is 0. The Balaban J connectivity index is 1.75. The summed E-state index contributed by atoms with van der Waals surface area (Å²) in [6.45, 7) is 2.91. The van der Waals surface area contributed by atoms with E-state index in [-0.39, 0.29) is 5.38 Å². The van der Waals surface area contributed by atoms with Gasteiger partial charge >= 0.3 is 0 Å². The number of benzene rings is 1. The Labute approximate surface area is 128 Å². The smallest absolute Gasteiger partial charge is 0.127 e. The lowest BCUT2D eigenvalue weighted by atomic mass is 9.77. The molecule has 3 aromatic rings. The Morgan fingerprint density at radius 2 is 2.19 bits per heavy atom. The van der Waals surface area contributed by atoms with Gasteiger partial charge in [-0.1, -0.05) is 24.3 Å². The highest BCUT2D eigenvalue weighted by atomic mass is 35.5. The summed E-state index contributed by atoms with van der Waals surface area (Å²) in [5.74, 6) is 1.49. The van der Waals surface area contributed by atoms with Gasteiger partial charge in [0.2, 0.25) is 0 Å². The molecule has 0 saturated carbocycles. The van der Waals surface area contributed by atoms with E-state index in [1.165, 1.54) is 11.1 Å². The first-order valence-corrected chi connectivity index (χ1v) is 7.69. The molecule has 0 N–H and O–H groups in total. The summed E-state index contributed by atoms with van der Waals surface area (Å²) < 4.78 is 2.26. The molecule has 0 spiro atoms. The maximum absolute atomic E-state index is 6.32. The second-order valence-electron chi connectivity index (χ2n) is 5.66.